The normalized spacial score (nSPS) is 18.5. The van der Waals surface area contributed by atoms with Crippen molar-refractivity contribution in [2.75, 3.05) is 33.3 Å². The van der Waals surface area contributed by atoms with E-state index < -0.39 is 0 Å². The SMILES string of the molecule is CCC(=CCN1CCNC(=O)CC1)C(=O)OC. The first-order chi connectivity index (χ1) is 8.17. The fraction of sp³-hybridized carbons (Fsp3) is 0.667. The average Bonchev–Trinajstić information content (AvgIpc) is 2.54. The lowest BCUT2D eigenvalue weighted by atomic mass is 10.2. The van der Waals surface area contributed by atoms with E-state index in [9.17, 15) is 9.59 Å². The molecule has 0 aromatic carbocycles. The fourth-order valence-corrected chi connectivity index (χ4v) is 1.74. The first kappa shape index (κ1) is 13.7. The van der Waals surface area contributed by atoms with Gasteiger partial charge in [-0.1, -0.05) is 13.0 Å². The number of nitrogens with one attached hydrogen (secondary N) is 1. The third kappa shape index (κ3) is 4.56. The third-order valence-electron chi connectivity index (χ3n) is 2.83. The van der Waals surface area contributed by atoms with Crippen molar-refractivity contribution in [1.82, 2.24) is 10.2 Å². The van der Waals surface area contributed by atoms with Gasteiger partial charge in [-0.25, -0.2) is 4.79 Å². The number of ether oxygens (including phenoxy) is 1. The number of hydrogen-bond acceptors (Lipinski definition) is 4. The van der Waals surface area contributed by atoms with Crippen molar-refractivity contribution in [2.24, 2.45) is 0 Å². The molecule has 1 N–H and O–H groups in total. The lowest BCUT2D eigenvalue weighted by Gasteiger charge is -2.17. The maximum Gasteiger partial charge on any atom is 0.333 e. The molecule has 5 heteroatoms. The van der Waals surface area contributed by atoms with Crippen molar-refractivity contribution < 1.29 is 14.3 Å². The van der Waals surface area contributed by atoms with Crippen LogP contribution in [-0.2, 0) is 14.3 Å². The summed E-state index contributed by atoms with van der Waals surface area (Å²) in [6.45, 7) is 4.84. The van der Waals surface area contributed by atoms with Gasteiger partial charge in [0.2, 0.25) is 5.91 Å². The van der Waals surface area contributed by atoms with Gasteiger partial charge in [0.25, 0.3) is 0 Å². The molecule has 1 rings (SSSR count). The zero-order chi connectivity index (χ0) is 12.7. The molecule has 0 unspecified atom stereocenters. The van der Waals surface area contributed by atoms with Crippen LogP contribution in [0.2, 0.25) is 0 Å². The molecule has 0 atom stereocenters. The van der Waals surface area contributed by atoms with E-state index in [0.717, 1.165) is 13.1 Å². The second kappa shape index (κ2) is 7.06. The van der Waals surface area contributed by atoms with Crippen LogP contribution in [0.3, 0.4) is 0 Å². The van der Waals surface area contributed by atoms with Crippen LogP contribution < -0.4 is 5.32 Å². The Labute approximate surface area is 102 Å². The summed E-state index contributed by atoms with van der Waals surface area (Å²) in [7, 11) is 1.39. The lowest BCUT2D eigenvalue weighted by molar-refractivity contribution is -0.136. The van der Waals surface area contributed by atoms with Gasteiger partial charge in [0.05, 0.1) is 7.11 Å². The first-order valence-corrected chi connectivity index (χ1v) is 5.93. The van der Waals surface area contributed by atoms with Crippen molar-refractivity contribution in [1.29, 1.82) is 0 Å². The van der Waals surface area contributed by atoms with Gasteiger partial charge in [-0.2, -0.15) is 0 Å². The molecule has 1 aliphatic heterocycles. The van der Waals surface area contributed by atoms with E-state index in [-0.39, 0.29) is 11.9 Å². The molecular weight excluding hydrogens is 220 g/mol. The molecule has 96 valence electrons. The number of hydrogen-bond donors (Lipinski definition) is 1. The Kier molecular flexibility index (Phi) is 5.69. The van der Waals surface area contributed by atoms with E-state index in [2.05, 4.69) is 10.2 Å². The summed E-state index contributed by atoms with van der Waals surface area (Å²) < 4.78 is 4.69. The van der Waals surface area contributed by atoms with Gasteiger partial charge < -0.3 is 10.1 Å². The topological polar surface area (TPSA) is 58.6 Å². The molecule has 1 fully saturated rings. The van der Waals surface area contributed by atoms with Crippen molar-refractivity contribution in [3.63, 3.8) is 0 Å². The highest BCUT2D eigenvalue weighted by Gasteiger charge is 2.13. The zero-order valence-electron chi connectivity index (χ0n) is 10.5. The molecule has 0 saturated carbocycles. The molecular formula is C12H20N2O3. The number of carbonyl (C=O) groups is 2. The summed E-state index contributed by atoms with van der Waals surface area (Å²) in [5.74, 6) is -0.170. The van der Waals surface area contributed by atoms with E-state index >= 15 is 0 Å². The molecule has 1 aliphatic rings. The van der Waals surface area contributed by atoms with Crippen LogP contribution in [0.5, 0.6) is 0 Å². The molecule has 0 aliphatic carbocycles. The molecule has 1 amide bonds. The highest BCUT2D eigenvalue weighted by Crippen LogP contribution is 2.04. The Balaban J connectivity index is 2.49. The number of nitrogens with zero attached hydrogens (tertiary/aromatic N) is 1. The highest BCUT2D eigenvalue weighted by molar-refractivity contribution is 5.88. The number of rotatable bonds is 4. The second-order valence-corrected chi connectivity index (χ2v) is 3.98. The summed E-state index contributed by atoms with van der Waals surface area (Å²) in [6, 6.07) is 0. The van der Waals surface area contributed by atoms with E-state index in [1.165, 1.54) is 7.11 Å². The number of amides is 1. The lowest BCUT2D eigenvalue weighted by Crippen LogP contribution is -2.29. The number of esters is 1. The predicted octanol–water partition coefficient (Wildman–Crippen LogP) is 0.318. The van der Waals surface area contributed by atoms with Crippen LogP contribution in [0.4, 0.5) is 0 Å². The Hall–Kier alpha value is -1.36. The van der Waals surface area contributed by atoms with Crippen LogP contribution >= 0.6 is 0 Å². The smallest absolute Gasteiger partial charge is 0.333 e. The Morgan fingerprint density at radius 2 is 2.29 bits per heavy atom. The summed E-state index contributed by atoms with van der Waals surface area (Å²) in [6.07, 6.45) is 3.08. The molecule has 1 saturated heterocycles. The fourth-order valence-electron chi connectivity index (χ4n) is 1.74. The van der Waals surface area contributed by atoms with E-state index in [0.29, 0.717) is 31.5 Å². The standard InChI is InChI=1S/C12H20N2O3/c1-3-10(12(16)17-2)4-7-14-8-5-11(15)13-6-9-14/h4H,3,5-9H2,1-2H3,(H,13,15). The van der Waals surface area contributed by atoms with Gasteiger partial charge in [0, 0.05) is 38.2 Å². The summed E-state index contributed by atoms with van der Waals surface area (Å²) in [4.78, 5) is 24.7. The van der Waals surface area contributed by atoms with Gasteiger partial charge in [0.1, 0.15) is 0 Å². The molecule has 1 heterocycles. The summed E-state index contributed by atoms with van der Waals surface area (Å²) >= 11 is 0. The van der Waals surface area contributed by atoms with Crippen molar-refractivity contribution in [3.8, 4) is 0 Å². The second-order valence-electron chi connectivity index (χ2n) is 3.98. The summed E-state index contributed by atoms with van der Waals surface area (Å²) in [5, 5.41) is 2.82. The molecule has 17 heavy (non-hydrogen) atoms. The zero-order valence-corrected chi connectivity index (χ0v) is 10.5. The minimum atomic E-state index is -0.267. The maximum atomic E-state index is 11.4. The van der Waals surface area contributed by atoms with E-state index in [1.54, 1.807) is 0 Å². The van der Waals surface area contributed by atoms with Gasteiger partial charge in [-0.05, 0) is 6.42 Å². The van der Waals surface area contributed by atoms with Crippen LogP contribution in [0, 0.1) is 0 Å². The van der Waals surface area contributed by atoms with Gasteiger partial charge in [0.15, 0.2) is 0 Å². The number of carbonyl (C=O) groups excluding carboxylic acids is 2. The molecule has 0 bridgehead atoms. The first-order valence-electron chi connectivity index (χ1n) is 5.93. The molecule has 0 aromatic rings. The molecule has 0 aromatic heterocycles. The largest absolute Gasteiger partial charge is 0.466 e. The Morgan fingerprint density at radius 1 is 1.53 bits per heavy atom. The van der Waals surface area contributed by atoms with Crippen molar-refractivity contribution >= 4 is 11.9 Å². The van der Waals surface area contributed by atoms with Gasteiger partial charge >= 0.3 is 5.97 Å². The quantitative estimate of drug-likeness (QED) is 0.568. The molecule has 5 nitrogen and oxygen atoms in total. The minimum absolute atomic E-state index is 0.0974. The van der Waals surface area contributed by atoms with Crippen LogP contribution in [-0.4, -0.2) is 50.1 Å². The van der Waals surface area contributed by atoms with Crippen LogP contribution in [0.25, 0.3) is 0 Å². The van der Waals surface area contributed by atoms with E-state index in [1.807, 2.05) is 13.0 Å². The van der Waals surface area contributed by atoms with Crippen molar-refractivity contribution in [3.05, 3.63) is 11.6 Å². The van der Waals surface area contributed by atoms with Crippen molar-refractivity contribution in [2.45, 2.75) is 19.8 Å². The minimum Gasteiger partial charge on any atom is -0.466 e. The highest BCUT2D eigenvalue weighted by atomic mass is 16.5. The average molecular weight is 240 g/mol. The molecule has 0 radical (unpaired) electrons. The number of methoxy groups -OCH3 is 1. The maximum absolute atomic E-state index is 11.4. The van der Waals surface area contributed by atoms with Crippen LogP contribution in [0.15, 0.2) is 11.6 Å². The third-order valence-corrected chi connectivity index (χ3v) is 2.83. The van der Waals surface area contributed by atoms with Gasteiger partial charge in [-0.3, -0.25) is 9.69 Å². The Morgan fingerprint density at radius 3 is 2.94 bits per heavy atom. The molecule has 0 spiro atoms. The monoisotopic (exact) mass is 240 g/mol. The van der Waals surface area contributed by atoms with Crippen LogP contribution in [0.1, 0.15) is 19.8 Å². The van der Waals surface area contributed by atoms with Gasteiger partial charge in [-0.15, -0.1) is 0 Å². The Bertz CT molecular complexity index is 313. The summed E-state index contributed by atoms with van der Waals surface area (Å²) in [5.41, 5.74) is 0.691. The van der Waals surface area contributed by atoms with E-state index in [4.69, 9.17) is 4.74 Å². The predicted molar refractivity (Wildman–Crippen MR) is 64.5 cm³/mol.